The van der Waals surface area contributed by atoms with E-state index in [-0.39, 0.29) is 34.0 Å². The molecule has 118 valence electrons. The monoisotopic (exact) mass is 314 g/mol. The molecule has 0 heterocycles. The van der Waals surface area contributed by atoms with Crippen LogP contribution in [0.3, 0.4) is 0 Å². The molecular formula is C14H22N2O4S. The summed E-state index contributed by atoms with van der Waals surface area (Å²) in [5.41, 5.74) is 5.22. The summed E-state index contributed by atoms with van der Waals surface area (Å²) in [5.74, 6) is -1.04. The van der Waals surface area contributed by atoms with E-state index >= 15 is 0 Å². The molecule has 0 unspecified atom stereocenters. The average Bonchev–Trinajstić information content (AvgIpc) is 2.36. The zero-order valence-electron chi connectivity index (χ0n) is 12.7. The highest BCUT2D eigenvalue weighted by atomic mass is 32.2. The maximum absolute atomic E-state index is 12.3. The van der Waals surface area contributed by atoms with Gasteiger partial charge in [-0.2, -0.15) is 0 Å². The number of benzene rings is 1. The highest BCUT2D eigenvalue weighted by Crippen LogP contribution is 2.26. The second-order valence-corrected chi connectivity index (χ2v) is 7.76. The molecular weight excluding hydrogens is 292 g/mol. The van der Waals surface area contributed by atoms with Crippen molar-refractivity contribution in [2.24, 2.45) is 11.3 Å². The van der Waals surface area contributed by atoms with Gasteiger partial charge >= 0.3 is 5.97 Å². The zero-order chi connectivity index (χ0) is 16.4. The summed E-state index contributed by atoms with van der Waals surface area (Å²) in [4.78, 5) is 10.8. The quantitative estimate of drug-likeness (QED) is 0.695. The van der Waals surface area contributed by atoms with Gasteiger partial charge in [0.1, 0.15) is 0 Å². The Morgan fingerprint density at radius 1 is 1.38 bits per heavy atom. The first-order chi connectivity index (χ1) is 9.47. The van der Waals surface area contributed by atoms with Crippen LogP contribution in [0.15, 0.2) is 23.1 Å². The number of anilines is 1. The molecule has 7 heteroatoms. The second-order valence-electron chi connectivity index (χ2n) is 6.03. The molecule has 1 rings (SSSR count). The van der Waals surface area contributed by atoms with E-state index in [1.807, 2.05) is 27.7 Å². The van der Waals surface area contributed by atoms with E-state index in [1.165, 1.54) is 12.1 Å². The van der Waals surface area contributed by atoms with Crippen molar-refractivity contribution in [3.63, 3.8) is 0 Å². The van der Waals surface area contributed by atoms with Crippen LogP contribution in [0.25, 0.3) is 0 Å². The molecule has 6 nitrogen and oxygen atoms in total. The SMILES string of the molecule is CC(C)C(C)(C)CNS(=O)(=O)c1cc(N)ccc1C(=O)O. The number of rotatable bonds is 6. The van der Waals surface area contributed by atoms with Crippen LogP contribution in [-0.4, -0.2) is 26.0 Å². The average molecular weight is 314 g/mol. The number of carbonyl (C=O) groups is 1. The van der Waals surface area contributed by atoms with Crippen molar-refractivity contribution in [1.82, 2.24) is 4.72 Å². The first kappa shape index (κ1) is 17.5. The largest absolute Gasteiger partial charge is 0.478 e. The minimum Gasteiger partial charge on any atom is -0.478 e. The molecule has 0 saturated heterocycles. The lowest BCUT2D eigenvalue weighted by Gasteiger charge is -2.29. The number of carboxylic acids is 1. The summed E-state index contributed by atoms with van der Waals surface area (Å²) >= 11 is 0. The van der Waals surface area contributed by atoms with Crippen LogP contribution >= 0.6 is 0 Å². The zero-order valence-corrected chi connectivity index (χ0v) is 13.5. The van der Waals surface area contributed by atoms with Gasteiger partial charge in [-0.15, -0.1) is 0 Å². The Morgan fingerprint density at radius 3 is 2.43 bits per heavy atom. The van der Waals surface area contributed by atoms with Gasteiger partial charge in [0.15, 0.2) is 0 Å². The van der Waals surface area contributed by atoms with E-state index in [9.17, 15) is 13.2 Å². The van der Waals surface area contributed by atoms with Gasteiger partial charge in [0, 0.05) is 12.2 Å². The number of aromatic carboxylic acids is 1. The fourth-order valence-electron chi connectivity index (χ4n) is 1.50. The molecule has 21 heavy (non-hydrogen) atoms. The fourth-order valence-corrected chi connectivity index (χ4v) is 2.95. The first-order valence-electron chi connectivity index (χ1n) is 6.60. The van der Waals surface area contributed by atoms with Gasteiger partial charge in [0.05, 0.1) is 10.5 Å². The lowest BCUT2D eigenvalue weighted by molar-refractivity contribution is 0.0692. The van der Waals surface area contributed by atoms with Gasteiger partial charge in [-0.05, 0) is 29.5 Å². The van der Waals surface area contributed by atoms with Gasteiger partial charge in [-0.1, -0.05) is 27.7 Å². The number of sulfonamides is 1. The third kappa shape index (κ3) is 4.18. The molecule has 4 N–H and O–H groups in total. The van der Waals surface area contributed by atoms with Crippen molar-refractivity contribution in [1.29, 1.82) is 0 Å². The van der Waals surface area contributed by atoms with Gasteiger partial charge in [-0.3, -0.25) is 0 Å². The Labute approximate surface area is 125 Å². The number of nitrogens with two attached hydrogens (primary N) is 1. The van der Waals surface area contributed by atoms with Crippen molar-refractivity contribution >= 4 is 21.7 Å². The minimum absolute atomic E-state index is 0.198. The Balaban J connectivity index is 3.15. The smallest absolute Gasteiger partial charge is 0.337 e. The Kier molecular flexibility index (Phi) is 5.01. The summed E-state index contributed by atoms with van der Waals surface area (Å²) in [6, 6.07) is 3.72. The molecule has 1 aromatic rings. The predicted octanol–water partition coefficient (Wildman–Crippen LogP) is 1.93. The third-order valence-corrected chi connectivity index (χ3v) is 5.25. The van der Waals surface area contributed by atoms with E-state index in [1.54, 1.807) is 0 Å². The highest BCUT2D eigenvalue weighted by molar-refractivity contribution is 7.89. The predicted molar refractivity (Wildman–Crippen MR) is 81.6 cm³/mol. The fraction of sp³-hybridized carbons (Fsp3) is 0.500. The standard InChI is InChI=1S/C14H22N2O4S/c1-9(2)14(3,4)8-16-21(19,20)12-7-10(15)5-6-11(12)13(17)18/h5-7,9,16H,8,15H2,1-4H3,(H,17,18). The van der Waals surface area contributed by atoms with E-state index in [4.69, 9.17) is 10.8 Å². The van der Waals surface area contributed by atoms with Gasteiger partial charge < -0.3 is 10.8 Å². The van der Waals surface area contributed by atoms with Crippen LogP contribution in [0.1, 0.15) is 38.1 Å². The lowest BCUT2D eigenvalue weighted by Crippen LogP contribution is -2.37. The first-order valence-corrected chi connectivity index (χ1v) is 8.08. The summed E-state index contributed by atoms with van der Waals surface area (Å²) < 4.78 is 27.2. The molecule has 0 aromatic heterocycles. The van der Waals surface area contributed by atoms with Crippen molar-refractivity contribution < 1.29 is 18.3 Å². The van der Waals surface area contributed by atoms with Crippen molar-refractivity contribution in [2.45, 2.75) is 32.6 Å². The molecule has 0 spiro atoms. The molecule has 0 saturated carbocycles. The van der Waals surface area contributed by atoms with Crippen molar-refractivity contribution in [2.75, 3.05) is 12.3 Å². The van der Waals surface area contributed by atoms with Crippen LogP contribution < -0.4 is 10.5 Å². The second kappa shape index (κ2) is 6.03. The number of nitrogens with one attached hydrogen (secondary N) is 1. The normalized spacial score (nSPS) is 12.6. The van der Waals surface area contributed by atoms with Crippen LogP contribution in [0.2, 0.25) is 0 Å². The Hall–Kier alpha value is -1.60. The molecule has 0 amide bonds. The molecule has 0 radical (unpaired) electrons. The Bertz CT molecular complexity index is 636. The molecule has 1 aromatic carbocycles. The number of carboxylic acid groups (broad SMARTS) is 1. The van der Waals surface area contributed by atoms with E-state index in [0.717, 1.165) is 6.07 Å². The summed E-state index contributed by atoms with van der Waals surface area (Å²) in [7, 11) is -3.94. The third-order valence-electron chi connectivity index (χ3n) is 3.81. The Morgan fingerprint density at radius 2 is 1.95 bits per heavy atom. The molecule has 0 aliphatic heterocycles. The van der Waals surface area contributed by atoms with Crippen molar-refractivity contribution in [3.05, 3.63) is 23.8 Å². The highest BCUT2D eigenvalue weighted by Gasteiger charge is 2.27. The van der Waals surface area contributed by atoms with Gasteiger partial charge in [0.25, 0.3) is 0 Å². The van der Waals surface area contributed by atoms with Gasteiger partial charge in [-0.25, -0.2) is 17.9 Å². The van der Waals surface area contributed by atoms with E-state index in [2.05, 4.69) is 4.72 Å². The minimum atomic E-state index is -3.94. The molecule has 0 aliphatic rings. The molecule has 0 atom stereocenters. The lowest BCUT2D eigenvalue weighted by atomic mass is 9.81. The van der Waals surface area contributed by atoms with E-state index in [0.29, 0.717) is 0 Å². The van der Waals surface area contributed by atoms with Crippen LogP contribution in [0.5, 0.6) is 0 Å². The van der Waals surface area contributed by atoms with Gasteiger partial charge in [0.2, 0.25) is 10.0 Å². The topological polar surface area (TPSA) is 109 Å². The molecule has 0 fully saturated rings. The summed E-state index contributed by atoms with van der Waals surface area (Å²) in [6.45, 7) is 8.09. The maximum Gasteiger partial charge on any atom is 0.337 e. The van der Waals surface area contributed by atoms with Crippen molar-refractivity contribution in [3.8, 4) is 0 Å². The molecule has 0 bridgehead atoms. The van der Waals surface area contributed by atoms with E-state index < -0.39 is 16.0 Å². The summed E-state index contributed by atoms with van der Waals surface area (Å²) in [5, 5.41) is 9.10. The molecule has 0 aliphatic carbocycles. The number of nitrogen functional groups attached to an aromatic ring is 1. The number of hydrogen-bond acceptors (Lipinski definition) is 4. The van der Waals surface area contributed by atoms with Crippen LogP contribution in [-0.2, 0) is 10.0 Å². The number of hydrogen-bond donors (Lipinski definition) is 3. The maximum atomic E-state index is 12.3. The summed E-state index contributed by atoms with van der Waals surface area (Å²) in [6.07, 6.45) is 0. The van der Waals surface area contributed by atoms with Crippen LogP contribution in [0.4, 0.5) is 5.69 Å². The van der Waals surface area contributed by atoms with Crippen LogP contribution in [0, 0.1) is 11.3 Å².